The maximum absolute atomic E-state index is 11.9. The number of hydrogen-bond acceptors (Lipinski definition) is 2. The fourth-order valence-corrected chi connectivity index (χ4v) is 1.88. The zero-order valence-electron chi connectivity index (χ0n) is 9.20. The zero-order chi connectivity index (χ0) is 10.6. The van der Waals surface area contributed by atoms with Crippen molar-refractivity contribution in [2.24, 2.45) is 5.73 Å². The fourth-order valence-electron chi connectivity index (χ4n) is 1.88. The van der Waals surface area contributed by atoms with Crippen LogP contribution in [0.25, 0.3) is 0 Å². The minimum atomic E-state index is 0.144. The van der Waals surface area contributed by atoms with Crippen molar-refractivity contribution < 1.29 is 4.79 Å². The van der Waals surface area contributed by atoms with Gasteiger partial charge in [0.15, 0.2) is 0 Å². The van der Waals surface area contributed by atoms with Gasteiger partial charge < -0.3 is 15.5 Å². The number of nitrogens with two attached hydrogens (primary N) is 1. The summed E-state index contributed by atoms with van der Waals surface area (Å²) in [5.74, 6) is 0. The molecule has 0 radical (unpaired) electrons. The van der Waals surface area contributed by atoms with Crippen molar-refractivity contribution in [3.8, 4) is 0 Å². The van der Waals surface area contributed by atoms with Gasteiger partial charge in [0.05, 0.1) is 0 Å². The molecule has 2 amide bonds. The second-order valence-corrected chi connectivity index (χ2v) is 3.80. The summed E-state index contributed by atoms with van der Waals surface area (Å²) in [5.41, 5.74) is 5.83. The molecule has 0 aromatic carbocycles. The molecule has 1 heterocycles. The fraction of sp³-hybridized carbons (Fsp3) is 0.900. The first-order valence-electron chi connectivity index (χ1n) is 5.48. The summed E-state index contributed by atoms with van der Waals surface area (Å²) in [6, 6.07) is 0.313. The van der Waals surface area contributed by atoms with Crippen LogP contribution in [-0.2, 0) is 0 Å². The number of carbonyl (C=O) groups is 1. The van der Waals surface area contributed by atoms with Crippen molar-refractivity contribution in [3.05, 3.63) is 0 Å². The van der Waals surface area contributed by atoms with Gasteiger partial charge in [-0.15, -0.1) is 0 Å². The number of hydrogen-bond donors (Lipinski definition) is 1. The Hall–Kier alpha value is -0.770. The van der Waals surface area contributed by atoms with Gasteiger partial charge in [0.1, 0.15) is 0 Å². The van der Waals surface area contributed by atoms with E-state index >= 15 is 0 Å². The molecule has 4 nitrogen and oxygen atoms in total. The lowest BCUT2D eigenvalue weighted by Gasteiger charge is -2.34. The Bertz CT molecular complexity index is 192. The Balaban J connectivity index is 2.50. The summed E-state index contributed by atoms with van der Waals surface area (Å²) < 4.78 is 0. The van der Waals surface area contributed by atoms with Crippen molar-refractivity contribution in [3.63, 3.8) is 0 Å². The number of piperidine rings is 1. The molecule has 1 aliphatic rings. The third kappa shape index (κ3) is 2.61. The van der Waals surface area contributed by atoms with Crippen LogP contribution >= 0.6 is 0 Å². The van der Waals surface area contributed by atoms with Gasteiger partial charge in [-0.1, -0.05) is 0 Å². The minimum Gasteiger partial charge on any atom is -0.326 e. The first-order chi connectivity index (χ1) is 6.69. The largest absolute Gasteiger partial charge is 0.326 e. The molecule has 2 N–H and O–H groups in total. The van der Waals surface area contributed by atoms with E-state index in [9.17, 15) is 4.79 Å². The van der Waals surface area contributed by atoms with Crippen LogP contribution in [0.4, 0.5) is 4.79 Å². The van der Waals surface area contributed by atoms with Crippen LogP contribution in [0.2, 0.25) is 0 Å². The summed E-state index contributed by atoms with van der Waals surface area (Å²) in [7, 11) is 0. The van der Waals surface area contributed by atoms with Crippen LogP contribution in [0.15, 0.2) is 0 Å². The SMILES string of the molecule is CCN(CC)C(=O)N1CCC[C@H](N)C1. The van der Waals surface area contributed by atoms with Gasteiger partial charge in [-0.25, -0.2) is 4.79 Å². The molecule has 1 rings (SSSR count). The zero-order valence-corrected chi connectivity index (χ0v) is 9.20. The highest BCUT2D eigenvalue weighted by atomic mass is 16.2. The van der Waals surface area contributed by atoms with E-state index < -0.39 is 0 Å². The van der Waals surface area contributed by atoms with Crippen LogP contribution in [0.3, 0.4) is 0 Å². The summed E-state index contributed by atoms with van der Waals surface area (Å²) in [6.45, 7) is 7.15. The molecule has 0 aliphatic carbocycles. The third-order valence-electron chi connectivity index (χ3n) is 2.76. The quantitative estimate of drug-likeness (QED) is 0.717. The molecule has 1 fully saturated rings. The Morgan fingerprint density at radius 1 is 1.50 bits per heavy atom. The van der Waals surface area contributed by atoms with Gasteiger partial charge in [-0.05, 0) is 26.7 Å². The number of nitrogens with zero attached hydrogens (tertiary/aromatic N) is 2. The lowest BCUT2D eigenvalue weighted by Crippen LogP contribution is -2.50. The lowest BCUT2D eigenvalue weighted by atomic mass is 10.1. The van der Waals surface area contributed by atoms with Crippen molar-refractivity contribution in [2.75, 3.05) is 26.2 Å². The highest BCUT2D eigenvalue weighted by molar-refractivity contribution is 5.74. The Kier molecular flexibility index (Phi) is 4.20. The van der Waals surface area contributed by atoms with Crippen LogP contribution in [0.5, 0.6) is 0 Å². The number of amides is 2. The molecule has 0 bridgehead atoms. The van der Waals surface area contributed by atoms with Crippen LogP contribution in [-0.4, -0.2) is 48.1 Å². The first kappa shape index (κ1) is 11.3. The van der Waals surface area contributed by atoms with E-state index in [0.717, 1.165) is 39.0 Å². The predicted octanol–water partition coefficient (Wildman–Crippen LogP) is 0.871. The van der Waals surface area contributed by atoms with Gasteiger partial charge >= 0.3 is 6.03 Å². The maximum Gasteiger partial charge on any atom is 0.320 e. The van der Waals surface area contributed by atoms with Gasteiger partial charge in [0.2, 0.25) is 0 Å². The molecule has 0 spiro atoms. The summed E-state index contributed by atoms with van der Waals surface area (Å²) in [6.07, 6.45) is 2.08. The lowest BCUT2D eigenvalue weighted by molar-refractivity contribution is 0.143. The number of likely N-dealkylation sites (tertiary alicyclic amines) is 1. The first-order valence-corrected chi connectivity index (χ1v) is 5.48. The maximum atomic E-state index is 11.9. The average Bonchev–Trinajstić information content (AvgIpc) is 2.19. The third-order valence-corrected chi connectivity index (χ3v) is 2.76. The van der Waals surface area contributed by atoms with E-state index in [2.05, 4.69) is 0 Å². The monoisotopic (exact) mass is 199 g/mol. The van der Waals surface area contributed by atoms with E-state index in [1.807, 2.05) is 23.6 Å². The number of rotatable bonds is 2. The normalized spacial score (nSPS) is 22.2. The van der Waals surface area contributed by atoms with Gasteiger partial charge in [-0.3, -0.25) is 0 Å². The van der Waals surface area contributed by atoms with E-state index in [0.29, 0.717) is 0 Å². The van der Waals surface area contributed by atoms with E-state index in [4.69, 9.17) is 5.73 Å². The molecule has 14 heavy (non-hydrogen) atoms. The average molecular weight is 199 g/mol. The van der Waals surface area contributed by atoms with E-state index in [1.54, 1.807) is 0 Å². The van der Waals surface area contributed by atoms with Crippen LogP contribution in [0.1, 0.15) is 26.7 Å². The molecular weight excluding hydrogens is 178 g/mol. The standard InChI is InChI=1S/C10H21N3O/c1-3-12(4-2)10(14)13-7-5-6-9(11)8-13/h9H,3-8,11H2,1-2H3/t9-/m0/s1. The molecule has 0 aromatic heterocycles. The summed E-state index contributed by atoms with van der Waals surface area (Å²) >= 11 is 0. The Morgan fingerprint density at radius 2 is 2.14 bits per heavy atom. The topological polar surface area (TPSA) is 49.6 Å². The molecule has 1 aliphatic heterocycles. The van der Waals surface area contributed by atoms with E-state index in [1.165, 1.54) is 0 Å². The Morgan fingerprint density at radius 3 is 2.64 bits per heavy atom. The van der Waals surface area contributed by atoms with E-state index in [-0.39, 0.29) is 12.1 Å². The molecular formula is C10H21N3O. The molecule has 4 heteroatoms. The minimum absolute atomic E-state index is 0.144. The van der Waals surface area contributed by atoms with Crippen LogP contribution in [0, 0.1) is 0 Å². The highest BCUT2D eigenvalue weighted by Crippen LogP contribution is 2.10. The highest BCUT2D eigenvalue weighted by Gasteiger charge is 2.23. The summed E-state index contributed by atoms with van der Waals surface area (Å²) in [5, 5.41) is 0. The molecule has 0 saturated carbocycles. The smallest absolute Gasteiger partial charge is 0.320 e. The number of urea groups is 1. The second kappa shape index (κ2) is 5.20. The molecule has 82 valence electrons. The Labute approximate surface area is 86.0 Å². The second-order valence-electron chi connectivity index (χ2n) is 3.80. The van der Waals surface area contributed by atoms with Gasteiger partial charge in [-0.2, -0.15) is 0 Å². The van der Waals surface area contributed by atoms with Crippen molar-refractivity contribution in [1.82, 2.24) is 9.80 Å². The molecule has 0 unspecified atom stereocenters. The number of carbonyl (C=O) groups excluding carboxylic acids is 1. The van der Waals surface area contributed by atoms with Crippen molar-refractivity contribution in [1.29, 1.82) is 0 Å². The van der Waals surface area contributed by atoms with Crippen molar-refractivity contribution in [2.45, 2.75) is 32.7 Å². The molecule has 1 saturated heterocycles. The van der Waals surface area contributed by atoms with Gasteiger partial charge in [0, 0.05) is 32.2 Å². The van der Waals surface area contributed by atoms with Gasteiger partial charge in [0.25, 0.3) is 0 Å². The van der Waals surface area contributed by atoms with Crippen LogP contribution < -0.4 is 5.73 Å². The predicted molar refractivity (Wildman–Crippen MR) is 57.1 cm³/mol. The van der Waals surface area contributed by atoms with Crippen molar-refractivity contribution >= 4 is 6.03 Å². The summed E-state index contributed by atoms with van der Waals surface area (Å²) in [4.78, 5) is 15.6. The molecule has 0 aromatic rings. The molecule has 1 atom stereocenters.